The highest BCUT2D eigenvalue weighted by Crippen LogP contribution is 2.17. The van der Waals surface area contributed by atoms with Gasteiger partial charge in [-0.1, -0.05) is 32.0 Å². The van der Waals surface area contributed by atoms with Crippen molar-refractivity contribution in [2.75, 3.05) is 6.54 Å². The Morgan fingerprint density at radius 3 is 2.76 bits per heavy atom. The van der Waals surface area contributed by atoms with Crippen LogP contribution in [0.25, 0.3) is 10.9 Å². The fraction of sp³-hybridized carbons (Fsp3) is 0.429. The van der Waals surface area contributed by atoms with Crippen LogP contribution in [0.2, 0.25) is 0 Å². The number of hydrogen-bond donors (Lipinski definition) is 3. The highest BCUT2D eigenvalue weighted by molar-refractivity contribution is 5.82. The predicted molar refractivity (Wildman–Crippen MR) is 72.8 cm³/mol. The Morgan fingerprint density at radius 2 is 2.06 bits per heavy atom. The summed E-state index contributed by atoms with van der Waals surface area (Å²) >= 11 is 0. The molecule has 3 heteroatoms. The molecule has 4 N–H and O–H groups in total. The van der Waals surface area contributed by atoms with E-state index in [2.05, 4.69) is 48.5 Å². The molecule has 2 rings (SSSR count). The molecule has 0 aliphatic carbocycles. The van der Waals surface area contributed by atoms with E-state index in [4.69, 9.17) is 5.73 Å². The average molecular weight is 231 g/mol. The molecular weight excluding hydrogens is 210 g/mol. The minimum absolute atomic E-state index is 0.378. The van der Waals surface area contributed by atoms with E-state index < -0.39 is 0 Å². The third-order valence-electron chi connectivity index (χ3n) is 3.29. The molecular formula is C14H21N3. The molecule has 1 unspecified atom stereocenters. The average Bonchev–Trinajstić information content (AvgIpc) is 2.73. The molecule has 0 spiro atoms. The number of rotatable bonds is 5. The SMILES string of the molecule is CC(C)C(CN)NCc1c[nH]c2ccccc12. The monoisotopic (exact) mass is 231 g/mol. The predicted octanol–water partition coefficient (Wildman–Crippen LogP) is 2.24. The Morgan fingerprint density at radius 1 is 1.29 bits per heavy atom. The summed E-state index contributed by atoms with van der Waals surface area (Å²) in [7, 11) is 0. The van der Waals surface area contributed by atoms with Crippen LogP contribution in [0.1, 0.15) is 19.4 Å². The van der Waals surface area contributed by atoms with E-state index in [9.17, 15) is 0 Å². The highest BCUT2D eigenvalue weighted by atomic mass is 14.9. The van der Waals surface area contributed by atoms with Gasteiger partial charge in [-0.3, -0.25) is 0 Å². The lowest BCUT2D eigenvalue weighted by molar-refractivity contribution is 0.405. The summed E-state index contributed by atoms with van der Waals surface area (Å²) < 4.78 is 0. The lowest BCUT2D eigenvalue weighted by Crippen LogP contribution is -2.39. The highest BCUT2D eigenvalue weighted by Gasteiger charge is 2.11. The first-order chi connectivity index (χ1) is 8.22. The van der Waals surface area contributed by atoms with E-state index in [1.165, 1.54) is 16.5 Å². The molecule has 1 atom stereocenters. The lowest BCUT2D eigenvalue weighted by atomic mass is 10.0. The summed E-state index contributed by atoms with van der Waals surface area (Å²) in [6.07, 6.45) is 2.07. The second-order valence-corrected chi connectivity index (χ2v) is 4.83. The number of hydrogen-bond acceptors (Lipinski definition) is 2. The first kappa shape index (κ1) is 12.1. The van der Waals surface area contributed by atoms with Gasteiger partial charge >= 0.3 is 0 Å². The summed E-state index contributed by atoms with van der Waals surface area (Å²) in [4.78, 5) is 3.29. The number of para-hydroxylation sites is 1. The summed E-state index contributed by atoms with van der Waals surface area (Å²) in [5.74, 6) is 0.560. The fourth-order valence-electron chi connectivity index (χ4n) is 2.11. The molecule has 0 radical (unpaired) electrons. The molecule has 17 heavy (non-hydrogen) atoms. The standard InChI is InChI=1S/C14H21N3/c1-10(2)14(7-15)17-9-11-8-16-13-6-4-3-5-12(11)13/h3-6,8,10,14,16-17H,7,9,15H2,1-2H3. The normalized spacial score (nSPS) is 13.4. The molecule has 2 aromatic rings. The van der Waals surface area contributed by atoms with Crippen molar-refractivity contribution in [1.29, 1.82) is 0 Å². The maximum atomic E-state index is 5.76. The summed E-state index contributed by atoms with van der Waals surface area (Å²) in [5, 5.41) is 4.81. The van der Waals surface area contributed by atoms with Crippen molar-refractivity contribution in [1.82, 2.24) is 10.3 Å². The Bertz CT molecular complexity index is 473. The van der Waals surface area contributed by atoms with Gasteiger partial charge in [0.2, 0.25) is 0 Å². The van der Waals surface area contributed by atoms with Crippen LogP contribution in [0, 0.1) is 5.92 Å². The number of aromatic amines is 1. The van der Waals surface area contributed by atoms with Crippen molar-refractivity contribution < 1.29 is 0 Å². The maximum absolute atomic E-state index is 5.76. The fourth-order valence-corrected chi connectivity index (χ4v) is 2.11. The number of H-pyrrole nitrogens is 1. The van der Waals surface area contributed by atoms with Crippen molar-refractivity contribution in [3.8, 4) is 0 Å². The van der Waals surface area contributed by atoms with Gasteiger partial charge in [-0.25, -0.2) is 0 Å². The second kappa shape index (κ2) is 5.34. The first-order valence-corrected chi connectivity index (χ1v) is 6.21. The third kappa shape index (κ3) is 2.68. The van der Waals surface area contributed by atoms with E-state index in [0.29, 0.717) is 18.5 Å². The molecule has 0 amide bonds. The van der Waals surface area contributed by atoms with Gasteiger partial charge in [0.1, 0.15) is 0 Å². The van der Waals surface area contributed by atoms with Gasteiger partial charge in [0.05, 0.1) is 0 Å². The van der Waals surface area contributed by atoms with Crippen LogP contribution in [-0.4, -0.2) is 17.6 Å². The molecule has 92 valence electrons. The van der Waals surface area contributed by atoms with Gasteiger partial charge in [0, 0.05) is 36.2 Å². The van der Waals surface area contributed by atoms with Crippen LogP contribution in [-0.2, 0) is 6.54 Å². The number of nitrogens with two attached hydrogens (primary N) is 1. The van der Waals surface area contributed by atoms with Crippen LogP contribution in [0.15, 0.2) is 30.5 Å². The van der Waals surface area contributed by atoms with Crippen LogP contribution < -0.4 is 11.1 Å². The van der Waals surface area contributed by atoms with Gasteiger partial charge < -0.3 is 16.0 Å². The van der Waals surface area contributed by atoms with Crippen LogP contribution in [0.4, 0.5) is 0 Å². The third-order valence-corrected chi connectivity index (χ3v) is 3.29. The minimum atomic E-state index is 0.378. The quantitative estimate of drug-likeness (QED) is 0.739. The van der Waals surface area contributed by atoms with Crippen molar-refractivity contribution in [2.45, 2.75) is 26.4 Å². The summed E-state index contributed by atoms with van der Waals surface area (Å²) in [6, 6.07) is 8.75. The zero-order valence-corrected chi connectivity index (χ0v) is 10.5. The molecule has 0 bridgehead atoms. The Labute approximate surface area is 102 Å². The molecule has 1 aromatic carbocycles. The van der Waals surface area contributed by atoms with Crippen LogP contribution in [0.5, 0.6) is 0 Å². The zero-order valence-electron chi connectivity index (χ0n) is 10.5. The molecule has 0 aliphatic rings. The molecule has 0 saturated carbocycles. The van der Waals surface area contributed by atoms with E-state index >= 15 is 0 Å². The van der Waals surface area contributed by atoms with Gasteiger partial charge in [-0.15, -0.1) is 0 Å². The molecule has 0 aliphatic heterocycles. The van der Waals surface area contributed by atoms with E-state index in [0.717, 1.165) is 6.54 Å². The number of nitrogens with one attached hydrogen (secondary N) is 2. The Balaban J connectivity index is 2.08. The lowest BCUT2D eigenvalue weighted by Gasteiger charge is -2.20. The van der Waals surface area contributed by atoms with Crippen LogP contribution >= 0.6 is 0 Å². The van der Waals surface area contributed by atoms with Gasteiger partial charge in [0.25, 0.3) is 0 Å². The van der Waals surface area contributed by atoms with Gasteiger partial charge in [-0.2, -0.15) is 0 Å². The van der Waals surface area contributed by atoms with Crippen molar-refractivity contribution >= 4 is 10.9 Å². The number of aromatic nitrogens is 1. The largest absolute Gasteiger partial charge is 0.361 e. The minimum Gasteiger partial charge on any atom is -0.361 e. The van der Waals surface area contributed by atoms with Crippen LogP contribution in [0.3, 0.4) is 0 Å². The second-order valence-electron chi connectivity index (χ2n) is 4.83. The summed E-state index contributed by atoms with van der Waals surface area (Å²) in [5.41, 5.74) is 8.25. The van der Waals surface area contributed by atoms with Gasteiger partial charge in [-0.05, 0) is 17.5 Å². The van der Waals surface area contributed by atoms with E-state index in [1.807, 2.05) is 6.07 Å². The zero-order chi connectivity index (χ0) is 12.3. The number of fused-ring (bicyclic) bond motifs is 1. The van der Waals surface area contributed by atoms with E-state index in [1.54, 1.807) is 0 Å². The topological polar surface area (TPSA) is 53.8 Å². The van der Waals surface area contributed by atoms with Crippen molar-refractivity contribution in [3.05, 3.63) is 36.0 Å². The maximum Gasteiger partial charge on any atom is 0.0457 e. The summed E-state index contributed by atoms with van der Waals surface area (Å²) in [6.45, 7) is 5.93. The Hall–Kier alpha value is -1.32. The van der Waals surface area contributed by atoms with Crippen molar-refractivity contribution in [2.24, 2.45) is 11.7 Å². The molecule has 0 fully saturated rings. The molecule has 1 heterocycles. The molecule has 0 saturated heterocycles. The molecule has 3 nitrogen and oxygen atoms in total. The first-order valence-electron chi connectivity index (χ1n) is 6.21. The number of benzene rings is 1. The van der Waals surface area contributed by atoms with Gasteiger partial charge in [0.15, 0.2) is 0 Å². The smallest absolute Gasteiger partial charge is 0.0457 e. The molecule has 1 aromatic heterocycles. The van der Waals surface area contributed by atoms with E-state index in [-0.39, 0.29) is 0 Å². The Kier molecular flexibility index (Phi) is 3.82. The van der Waals surface area contributed by atoms with Crippen molar-refractivity contribution in [3.63, 3.8) is 0 Å².